The van der Waals surface area contributed by atoms with Crippen molar-refractivity contribution in [1.82, 2.24) is 0 Å². The van der Waals surface area contributed by atoms with Crippen molar-refractivity contribution in [1.29, 1.82) is 0 Å². The van der Waals surface area contributed by atoms with Crippen LogP contribution in [0, 0.1) is 20.2 Å². The van der Waals surface area contributed by atoms with Crippen molar-refractivity contribution >= 4 is 0 Å². The molecule has 0 aromatic rings. The number of aliphatic hydroxyl groups is 1. The van der Waals surface area contributed by atoms with Crippen LogP contribution in [-0.2, 0) is 9.68 Å². The van der Waals surface area contributed by atoms with Crippen LogP contribution in [0.3, 0.4) is 0 Å². The van der Waals surface area contributed by atoms with Crippen LogP contribution in [0.1, 0.15) is 12.8 Å². The van der Waals surface area contributed by atoms with Crippen molar-refractivity contribution in [2.75, 3.05) is 0 Å². The van der Waals surface area contributed by atoms with Crippen molar-refractivity contribution in [3.05, 3.63) is 20.2 Å². The van der Waals surface area contributed by atoms with Crippen molar-refractivity contribution in [3.8, 4) is 0 Å². The largest absolute Gasteiger partial charge is 0.393 e. The number of nitrogens with zero attached hydrogens (tertiary/aromatic N) is 2. The van der Waals surface area contributed by atoms with Crippen molar-refractivity contribution in [3.63, 3.8) is 0 Å². The minimum Gasteiger partial charge on any atom is -0.393 e. The minimum atomic E-state index is -1.08. The highest BCUT2D eigenvalue weighted by molar-refractivity contribution is 4.83. The number of aliphatic hydroxyl groups excluding tert-OH is 1. The molecule has 1 unspecified atom stereocenters. The maximum atomic E-state index is 9.97. The molecule has 1 aliphatic carbocycles. The van der Waals surface area contributed by atoms with Crippen LogP contribution < -0.4 is 0 Å². The van der Waals surface area contributed by atoms with E-state index in [1.807, 2.05) is 0 Å². The maximum absolute atomic E-state index is 9.97. The Labute approximate surface area is 77.4 Å². The predicted molar refractivity (Wildman–Crippen MR) is 39.0 cm³/mol. The number of hydrogen-bond donors (Lipinski definition) is 1. The summed E-state index contributed by atoms with van der Waals surface area (Å²) in [6.45, 7) is 0. The van der Waals surface area contributed by atoms with Gasteiger partial charge in [-0.1, -0.05) is 0 Å². The molecule has 0 bridgehead atoms. The number of hydrogen-bond acceptors (Lipinski definition) is 7. The van der Waals surface area contributed by atoms with E-state index >= 15 is 0 Å². The Kier molecular flexibility index (Phi) is 3.02. The smallest absolute Gasteiger partial charge is 0.294 e. The van der Waals surface area contributed by atoms with Gasteiger partial charge in [0, 0.05) is 12.8 Å². The average Bonchev–Trinajstić information content (AvgIpc) is 2.28. The molecular weight excluding hydrogens is 200 g/mol. The molecule has 80 valence electrons. The first-order valence-electron chi connectivity index (χ1n) is 3.79. The fraction of sp³-hybridized carbons (Fsp3) is 1.00. The summed E-state index contributed by atoms with van der Waals surface area (Å²) in [7, 11) is 0. The summed E-state index contributed by atoms with van der Waals surface area (Å²) in [6, 6.07) is 0. The van der Waals surface area contributed by atoms with Gasteiger partial charge in [-0.2, -0.15) is 0 Å². The summed E-state index contributed by atoms with van der Waals surface area (Å²) < 4.78 is 0. The Balaban J connectivity index is 2.53. The standard InChI is InChI=1S/C5H8N2O7/c8-3-1-4(13-6(9)10)5(2-3)14-7(11)12/h3-5,8H,1-2H2/t3?,4-,5+. The van der Waals surface area contributed by atoms with Gasteiger partial charge in [-0.3, -0.25) is 0 Å². The first kappa shape index (κ1) is 10.4. The molecule has 0 saturated heterocycles. The SMILES string of the molecule is O=[N+]([O-])O[C@H]1CC(O)C[C@H]1O[N+](=O)[O-]. The highest BCUT2D eigenvalue weighted by atomic mass is 17.0. The molecule has 0 amide bonds. The third kappa shape index (κ3) is 2.69. The Bertz CT molecular complexity index is 220. The molecule has 14 heavy (non-hydrogen) atoms. The summed E-state index contributed by atoms with van der Waals surface area (Å²) in [5, 5.41) is 26.9. The van der Waals surface area contributed by atoms with Crippen LogP contribution in [0.4, 0.5) is 0 Å². The third-order valence-corrected chi connectivity index (χ3v) is 1.87. The Morgan fingerprint density at radius 3 is 1.71 bits per heavy atom. The van der Waals surface area contributed by atoms with Gasteiger partial charge < -0.3 is 14.8 Å². The highest BCUT2D eigenvalue weighted by Gasteiger charge is 2.38. The van der Waals surface area contributed by atoms with Gasteiger partial charge in [-0.25, -0.2) is 0 Å². The Hall–Kier alpha value is -1.64. The second-order valence-corrected chi connectivity index (χ2v) is 2.86. The zero-order chi connectivity index (χ0) is 10.7. The molecule has 0 aromatic heterocycles. The minimum absolute atomic E-state index is 0.0422. The van der Waals surface area contributed by atoms with Gasteiger partial charge in [0.2, 0.25) is 0 Å². The van der Waals surface area contributed by atoms with Gasteiger partial charge in [0.25, 0.3) is 10.2 Å². The highest BCUT2D eigenvalue weighted by Crippen LogP contribution is 2.25. The van der Waals surface area contributed by atoms with E-state index in [-0.39, 0.29) is 12.8 Å². The second kappa shape index (κ2) is 4.05. The molecule has 0 aliphatic heterocycles. The summed E-state index contributed by atoms with van der Waals surface area (Å²) in [4.78, 5) is 28.2. The molecule has 0 aromatic carbocycles. The summed E-state index contributed by atoms with van der Waals surface area (Å²) in [6.07, 6.45) is -3.11. The molecule has 1 rings (SSSR count). The second-order valence-electron chi connectivity index (χ2n) is 2.86. The fourth-order valence-electron chi connectivity index (χ4n) is 1.38. The molecule has 1 N–H and O–H groups in total. The van der Waals surface area contributed by atoms with Crippen LogP contribution in [0.15, 0.2) is 0 Å². The zero-order valence-electron chi connectivity index (χ0n) is 6.94. The van der Waals surface area contributed by atoms with Crippen LogP contribution in [0.2, 0.25) is 0 Å². The molecule has 9 heteroatoms. The Morgan fingerprint density at radius 1 is 1.07 bits per heavy atom. The maximum Gasteiger partial charge on any atom is 0.294 e. The van der Waals surface area contributed by atoms with E-state index in [9.17, 15) is 20.2 Å². The molecule has 0 spiro atoms. The topological polar surface area (TPSA) is 125 Å². The van der Waals surface area contributed by atoms with E-state index in [4.69, 9.17) is 5.11 Å². The van der Waals surface area contributed by atoms with Gasteiger partial charge in [0.1, 0.15) is 12.2 Å². The van der Waals surface area contributed by atoms with Gasteiger partial charge in [-0.15, -0.1) is 20.2 Å². The zero-order valence-corrected chi connectivity index (χ0v) is 6.94. The molecular formula is C5H8N2O7. The quantitative estimate of drug-likeness (QED) is 0.477. The summed E-state index contributed by atoms with van der Waals surface area (Å²) >= 11 is 0. The predicted octanol–water partition coefficient (Wildman–Crippen LogP) is -0.705. The van der Waals surface area contributed by atoms with Crippen LogP contribution in [0.5, 0.6) is 0 Å². The molecule has 1 saturated carbocycles. The van der Waals surface area contributed by atoms with E-state index < -0.39 is 28.5 Å². The molecule has 0 radical (unpaired) electrons. The molecule has 0 heterocycles. The van der Waals surface area contributed by atoms with E-state index in [1.54, 1.807) is 0 Å². The lowest BCUT2D eigenvalue weighted by molar-refractivity contribution is -0.797. The van der Waals surface area contributed by atoms with E-state index in [2.05, 4.69) is 9.68 Å². The van der Waals surface area contributed by atoms with Crippen molar-refractivity contribution < 1.29 is 25.0 Å². The lowest BCUT2D eigenvalue weighted by atomic mass is 10.3. The van der Waals surface area contributed by atoms with Gasteiger partial charge >= 0.3 is 0 Å². The first-order chi connectivity index (χ1) is 6.49. The normalized spacial score (nSPS) is 31.1. The van der Waals surface area contributed by atoms with E-state index in [1.165, 1.54) is 0 Å². The lowest BCUT2D eigenvalue weighted by Crippen LogP contribution is -2.30. The molecule has 3 atom stereocenters. The van der Waals surface area contributed by atoms with Gasteiger partial charge in [-0.05, 0) is 0 Å². The van der Waals surface area contributed by atoms with E-state index in [0.29, 0.717) is 0 Å². The van der Waals surface area contributed by atoms with Crippen molar-refractivity contribution in [2.45, 2.75) is 31.2 Å². The fourth-order valence-corrected chi connectivity index (χ4v) is 1.38. The van der Waals surface area contributed by atoms with E-state index in [0.717, 1.165) is 0 Å². The van der Waals surface area contributed by atoms with Crippen LogP contribution in [-0.4, -0.2) is 33.6 Å². The summed E-state index contributed by atoms with van der Waals surface area (Å²) in [5.41, 5.74) is 0. The van der Waals surface area contributed by atoms with Gasteiger partial charge in [0.05, 0.1) is 6.10 Å². The average molecular weight is 208 g/mol. The van der Waals surface area contributed by atoms with Crippen molar-refractivity contribution in [2.24, 2.45) is 0 Å². The monoisotopic (exact) mass is 208 g/mol. The third-order valence-electron chi connectivity index (χ3n) is 1.87. The van der Waals surface area contributed by atoms with Gasteiger partial charge in [0.15, 0.2) is 0 Å². The molecule has 1 fully saturated rings. The molecule has 9 nitrogen and oxygen atoms in total. The first-order valence-corrected chi connectivity index (χ1v) is 3.79. The lowest BCUT2D eigenvalue weighted by Gasteiger charge is -2.14. The molecule has 1 aliphatic rings. The number of rotatable bonds is 4. The Morgan fingerprint density at radius 2 is 1.43 bits per heavy atom. The van der Waals surface area contributed by atoms with Crippen LogP contribution >= 0.6 is 0 Å². The van der Waals surface area contributed by atoms with Crippen LogP contribution in [0.25, 0.3) is 0 Å². The summed E-state index contributed by atoms with van der Waals surface area (Å²) in [5.74, 6) is 0.